The van der Waals surface area contributed by atoms with Crippen molar-refractivity contribution in [3.8, 4) is 5.75 Å². The predicted molar refractivity (Wildman–Crippen MR) is 111 cm³/mol. The van der Waals surface area contributed by atoms with Crippen LogP contribution < -0.4 is 4.74 Å². The maximum atomic E-state index is 13.6. The lowest BCUT2D eigenvalue weighted by Gasteiger charge is -2.34. The van der Waals surface area contributed by atoms with Gasteiger partial charge < -0.3 is 9.30 Å². The van der Waals surface area contributed by atoms with Crippen LogP contribution in [-0.2, 0) is 6.54 Å². The number of ketones is 1. The minimum atomic E-state index is -0.242. The summed E-state index contributed by atoms with van der Waals surface area (Å²) in [6.07, 6.45) is 2.45. The Labute approximate surface area is 172 Å². The molecule has 1 aromatic heterocycles. The maximum absolute atomic E-state index is 13.6. The van der Waals surface area contributed by atoms with Gasteiger partial charge in [0.2, 0.25) is 0 Å². The van der Waals surface area contributed by atoms with E-state index in [1.54, 1.807) is 19.2 Å². The first-order chi connectivity index (χ1) is 14.0. The average molecular weight is 400 g/mol. The van der Waals surface area contributed by atoms with E-state index in [9.17, 15) is 9.18 Å². The van der Waals surface area contributed by atoms with E-state index >= 15 is 0 Å². The number of benzene rings is 1. The van der Waals surface area contributed by atoms with Crippen LogP contribution in [0.3, 0.4) is 0 Å². The van der Waals surface area contributed by atoms with Gasteiger partial charge in [0.1, 0.15) is 11.6 Å². The molecule has 29 heavy (non-hydrogen) atoms. The molecule has 2 heterocycles. The van der Waals surface area contributed by atoms with Gasteiger partial charge in [-0.1, -0.05) is 0 Å². The normalized spacial score (nSPS) is 18.2. The zero-order valence-electron chi connectivity index (χ0n) is 17.6. The second kappa shape index (κ2) is 8.28. The number of hydrogen-bond donors (Lipinski definition) is 0. The molecule has 0 atom stereocenters. The highest BCUT2D eigenvalue weighted by molar-refractivity contribution is 5.99. The smallest absolute Gasteiger partial charge is 0.178 e. The number of carbonyl (C=O) groups is 1. The van der Waals surface area contributed by atoms with E-state index < -0.39 is 0 Å². The molecule has 0 amide bonds. The van der Waals surface area contributed by atoms with Crippen molar-refractivity contribution in [1.29, 1.82) is 0 Å². The zero-order valence-corrected chi connectivity index (χ0v) is 17.6. The van der Waals surface area contributed by atoms with Crippen LogP contribution in [0, 0.1) is 19.7 Å². The molecule has 2 fully saturated rings. The Kier molecular flexibility index (Phi) is 5.74. The zero-order chi connectivity index (χ0) is 20.5. The maximum Gasteiger partial charge on any atom is 0.178 e. The van der Waals surface area contributed by atoms with Gasteiger partial charge in [-0.3, -0.25) is 14.6 Å². The summed E-state index contributed by atoms with van der Waals surface area (Å²) in [5, 5.41) is 0. The van der Waals surface area contributed by atoms with Crippen LogP contribution in [-0.4, -0.2) is 60.0 Å². The number of aromatic nitrogens is 1. The monoisotopic (exact) mass is 399 g/mol. The molecular formula is C23H30FN3O2. The predicted octanol–water partition coefficient (Wildman–Crippen LogP) is 3.59. The first-order valence-electron chi connectivity index (χ1n) is 10.4. The quantitative estimate of drug-likeness (QED) is 0.667. The molecule has 2 aromatic rings. The molecule has 1 aliphatic heterocycles. The highest BCUT2D eigenvalue weighted by Crippen LogP contribution is 2.38. The van der Waals surface area contributed by atoms with E-state index in [-0.39, 0.29) is 11.6 Å². The van der Waals surface area contributed by atoms with Gasteiger partial charge in [0.05, 0.1) is 13.7 Å². The fourth-order valence-corrected chi connectivity index (χ4v) is 4.46. The molecule has 0 unspecified atom stereocenters. The molecular weight excluding hydrogens is 369 g/mol. The summed E-state index contributed by atoms with van der Waals surface area (Å²) in [6.45, 7) is 8.68. The van der Waals surface area contributed by atoms with Crippen LogP contribution in [0.1, 0.15) is 46.2 Å². The summed E-state index contributed by atoms with van der Waals surface area (Å²) in [6, 6.07) is 7.30. The van der Waals surface area contributed by atoms with E-state index in [2.05, 4.69) is 34.3 Å². The van der Waals surface area contributed by atoms with Gasteiger partial charge >= 0.3 is 0 Å². The van der Waals surface area contributed by atoms with Crippen LogP contribution >= 0.6 is 0 Å². The third kappa shape index (κ3) is 4.38. The van der Waals surface area contributed by atoms with Crippen LogP contribution in [0.4, 0.5) is 4.39 Å². The van der Waals surface area contributed by atoms with E-state index in [4.69, 9.17) is 4.74 Å². The SMILES string of the molecule is COc1ccc(F)cc1CN1CCN(CC(=O)c2cc(C)n(C3CC3)c2C)CC1. The summed E-state index contributed by atoms with van der Waals surface area (Å²) in [7, 11) is 1.61. The first-order valence-corrected chi connectivity index (χ1v) is 10.4. The molecule has 156 valence electrons. The van der Waals surface area contributed by atoms with Crippen LogP contribution in [0.5, 0.6) is 5.75 Å². The average Bonchev–Trinajstić information content (AvgIpc) is 3.48. The summed E-state index contributed by atoms with van der Waals surface area (Å²) in [5.41, 5.74) is 4.06. The number of aryl methyl sites for hydroxylation is 1. The Morgan fingerprint density at radius 3 is 2.45 bits per heavy atom. The molecule has 0 spiro atoms. The summed E-state index contributed by atoms with van der Waals surface area (Å²) in [4.78, 5) is 17.4. The van der Waals surface area contributed by atoms with E-state index in [1.807, 2.05) is 0 Å². The van der Waals surface area contributed by atoms with Gasteiger partial charge in [-0.05, 0) is 51.0 Å². The van der Waals surface area contributed by atoms with Gasteiger partial charge in [0.25, 0.3) is 0 Å². The Morgan fingerprint density at radius 1 is 1.10 bits per heavy atom. The third-order valence-corrected chi connectivity index (χ3v) is 6.17. The van der Waals surface area contributed by atoms with Gasteiger partial charge in [0.15, 0.2) is 5.78 Å². The summed E-state index contributed by atoms with van der Waals surface area (Å²) < 4.78 is 21.3. The van der Waals surface area contributed by atoms with E-state index in [0.29, 0.717) is 19.1 Å². The molecule has 0 N–H and O–H groups in total. The number of hydrogen-bond acceptors (Lipinski definition) is 4. The van der Waals surface area contributed by atoms with Crippen molar-refractivity contribution < 1.29 is 13.9 Å². The molecule has 0 bridgehead atoms. The second-order valence-corrected chi connectivity index (χ2v) is 8.32. The lowest BCUT2D eigenvalue weighted by molar-refractivity contribution is 0.0842. The van der Waals surface area contributed by atoms with Gasteiger partial charge in [-0.25, -0.2) is 4.39 Å². The molecule has 6 heteroatoms. The largest absolute Gasteiger partial charge is 0.496 e. The van der Waals surface area contributed by atoms with Crippen LogP contribution in [0.15, 0.2) is 24.3 Å². The summed E-state index contributed by atoms with van der Waals surface area (Å²) in [5.74, 6) is 0.689. The second-order valence-electron chi connectivity index (χ2n) is 8.32. The fraction of sp³-hybridized carbons (Fsp3) is 0.522. The molecule has 5 nitrogen and oxygen atoms in total. The Morgan fingerprint density at radius 2 is 1.79 bits per heavy atom. The van der Waals surface area contributed by atoms with Crippen molar-refractivity contribution in [2.75, 3.05) is 39.8 Å². The topological polar surface area (TPSA) is 37.7 Å². The molecule has 1 saturated heterocycles. The molecule has 4 rings (SSSR count). The van der Waals surface area contributed by atoms with Crippen molar-refractivity contribution in [2.45, 2.75) is 39.3 Å². The van der Waals surface area contributed by atoms with E-state index in [1.165, 1.54) is 24.6 Å². The minimum absolute atomic E-state index is 0.213. The number of piperazine rings is 1. The Balaban J connectivity index is 1.33. The third-order valence-electron chi connectivity index (χ3n) is 6.17. The van der Waals surface area contributed by atoms with Crippen LogP contribution in [0.2, 0.25) is 0 Å². The molecule has 1 aliphatic carbocycles. The Bertz CT molecular complexity index is 896. The first kappa shape index (κ1) is 20.1. The van der Waals surface area contributed by atoms with Crippen molar-refractivity contribution in [1.82, 2.24) is 14.4 Å². The Hall–Kier alpha value is -2.18. The van der Waals surface area contributed by atoms with Crippen molar-refractivity contribution in [3.05, 3.63) is 52.6 Å². The molecule has 1 saturated carbocycles. The number of nitrogens with zero attached hydrogens (tertiary/aromatic N) is 3. The highest BCUT2D eigenvalue weighted by Gasteiger charge is 2.29. The number of Topliss-reactive ketones (excluding diaryl/α,β-unsaturated/α-hetero) is 1. The summed E-state index contributed by atoms with van der Waals surface area (Å²) >= 11 is 0. The minimum Gasteiger partial charge on any atom is -0.496 e. The number of methoxy groups -OCH3 is 1. The number of rotatable bonds is 7. The highest BCUT2D eigenvalue weighted by atomic mass is 19.1. The molecule has 2 aliphatic rings. The molecule has 0 radical (unpaired) electrons. The van der Waals surface area contributed by atoms with E-state index in [0.717, 1.165) is 48.7 Å². The van der Waals surface area contributed by atoms with Crippen molar-refractivity contribution in [2.24, 2.45) is 0 Å². The lowest BCUT2D eigenvalue weighted by Crippen LogP contribution is -2.47. The lowest BCUT2D eigenvalue weighted by atomic mass is 10.1. The van der Waals surface area contributed by atoms with Crippen molar-refractivity contribution in [3.63, 3.8) is 0 Å². The molecule has 1 aromatic carbocycles. The van der Waals surface area contributed by atoms with Gasteiger partial charge in [-0.15, -0.1) is 0 Å². The van der Waals surface area contributed by atoms with Crippen molar-refractivity contribution >= 4 is 5.78 Å². The standard InChI is InChI=1S/C23H30FN3O2/c1-16-12-21(17(2)27(16)20-5-6-20)22(28)15-26-10-8-25(9-11-26)14-18-13-19(24)4-7-23(18)29-3/h4,7,12-13,20H,5-6,8-11,14-15H2,1-3H3. The fourth-order valence-electron chi connectivity index (χ4n) is 4.46. The number of ether oxygens (including phenoxy) is 1. The van der Waals surface area contributed by atoms with Gasteiger partial charge in [-0.2, -0.15) is 0 Å². The number of carbonyl (C=O) groups excluding carboxylic acids is 1. The van der Waals surface area contributed by atoms with Crippen LogP contribution in [0.25, 0.3) is 0 Å². The number of halogens is 1. The van der Waals surface area contributed by atoms with Gasteiger partial charge in [0, 0.05) is 61.3 Å².